The van der Waals surface area contributed by atoms with Gasteiger partial charge >= 0.3 is 0 Å². The van der Waals surface area contributed by atoms with Gasteiger partial charge in [0.25, 0.3) is 0 Å². The Morgan fingerprint density at radius 2 is 1.79 bits per heavy atom. The van der Waals surface area contributed by atoms with Crippen LogP contribution in [0, 0.1) is 34.4 Å². The lowest BCUT2D eigenvalue weighted by Crippen LogP contribution is -2.06. The molecule has 7 heteroatoms. The first-order valence-electron chi connectivity index (χ1n) is 8.83. The first kappa shape index (κ1) is 19.6. The molecule has 0 aliphatic carbocycles. The minimum absolute atomic E-state index is 0.221. The summed E-state index contributed by atoms with van der Waals surface area (Å²) in [5.41, 5.74) is 1.87. The van der Waals surface area contributed by atoms with Crippen LogP contribution in [0.15, 0.2) is 59.8 Å². The van der Waals surface area contributed by atoms with Crippen molar-refractivity contribution >= 4 is 11.8 Å². The fraction of sp³-hybridized carbons (Fsp3) is 0.238. The fourth-order valence-electron chi connectivity index (χ4n) is 2.72. The molecular formula is C21H18FN5S. The van der Waals surface area contributed by atoms with Gasteiger partial charge in [-0.15, -0.1) is 10.2 Å². The molecule has 0 spiro atoms. The number of nitriles is 2. The summed E-state index contributed by atoms with van der Waals surface area (Å²) in [6.45, 7) is 0.568. The van der Waals surface area contributed by atoms with E-state index in [1.54, 1.807) is 12.1 Å². The third kappa shape index (κ3) is 4.97. The fourth-order valence-corrected chi connectivity index (χ4v) is 3.71. The number of hydrogen-bond donors (Lipinski definition) is 0. The van der Waals surface area contributed by atoms with Crippen LogP contribution in [0.25, 0.3) is 11.4 Å². The van der Waals surface area contributed by atoms with Crippen molar-refractivity contribution in [2.45, 2.75) is 24.5 Å². The number of thioether (sulfide) groups is 1. The summed E-state index contributed by atoms with van der Waals surface area (Å²) in [6, 6.07) is 20.4. The van der Waals surface area contributed by atoms with Crippen LogP contribution in [-0.2, 0) is 6.54 Å². The second-order valence-corrected chi connectivity index (χ2v) is 7.21. The first-order chi connectivity index (χ1) is 13.7. The zero-order chi connectivity index (χ0) is 19.8. The van der Waals surface area contributed by atoms with Crippen LogP contribution >= 0.6 is 11.8 Å². The van der Waals surface area contributed by atoms with Gasteiger partial charge in [0.15, 0.2) is 11.0 Å². The minimum atomic E-state index is -0.304. The van der Waals surface area contributed by atoms with Crippen molar-refractivity contribution in [2.75, 3.05) is 5.75 Å². The number of rotatable bonds is 8. The lowest BCUT2D eigenvalue weighted by atomic mass is 10.1. The van der Waals surface area contributed by atoms with E-state index >= 15 is 0 Å². The van der Waals surface area contributed by atoms with Crippen molar-refractivity contribution in [1.29, 1.82) is 10.5 Å². The number of aromatic nitrogens is 3. The summed E-state index contributed by atoms with van der Waals surface area (Å²) in [5, 5.41) is 27.3. The SMILES string of the molecule is N#CCC[C@@H](C#N)CSc1nnc(-c2ccc(F)cc2)n1Cc1ccccc1. The maximum absolute atomic E-state index is 13.3. The Morgan fingerprint density at radius 3 is 2.46 bits per heavy atom. The van der Waals surface area contributed by atoms with Crippen LogP contribution in [0.3, 0.4) is 0 Å². The van der Waals surface area contributed by atoms with E-state index in [0.29, 0.717) is 36.1 Å². The standard InChI is InChI=1S/C21H18FN5S/c22-19-10-8-18(9-11-19)20-25-26-21(28-15-17(13-24)7-4-12-23)27(20)14-16-5-2-1-3-6-16/h1-3,5-6,8-11,17H,4,7,14-15H2/t17-/m0/s1. The second kappa shape index (κ2) is 9.68. The molecule has 1 atom stereocenters. The van der Waals surface area contributed by atoms with Crippen LogP contribution in [0.4, 0.5) is 4.39 Å². The van der Waals surface area contributed by atoms with Crippen LogP contribution in [0.2, 0.25) is 0 Å². The van der Waals surface area contributed by atoms with E-state index in [1.807, 2.05) is 34.9 Å². The number of nitrogens with zero attached hydrogens (tertiary/aromatic N) is 5. The molecule has 5 nitrogen and oxygen atoms in total. The van der Waals surface area contributed by atoms with Crippen LogP contribution in [0.5, 0.6) is 0 Å². The van der Waals surface area contributed by atoms with Crippen LogP contribution < -0.4 is 0 Å². The quantitative estimate of drug-likeness (QED) is 0.522. The first-order valence-corrected chi connectivity index (χ1v) is 9.82. The average molecular weight is 391 g/mol. The Balaban J connectivity index is 1.88. The summed E-state index contributed by atoms with van der Waals surface area (Å²) in [5.74, 6) is 0.661. The Kier molecular flexibility index (Phi) is 6.78. The molecule has 1 aromatic heterocycles. The van der Waals surface area contributed by atoms with Crippen LogP contribution in [-0.4, -0.2) is 20.5 Å². The summed E-state index contributed by atoms with van der Waals surface area (Å²) in [6.07, 6.45) is 0.897. The lowest BCUT2D eigenvalue weighted by Gasteiger charge is -2.11. The molecule has 0 aliphatic rings. The predicted molar refractivity (Wildman–Crippen MR) is 106 cm³/mol. The molecule has 0 saturated carbocycles. The Bertz CT molecular complexity index is 986. The Morgan fingerprint density at radius 1 is 1.04 bits per heavy atom. The molecule has 0 bridgehead atoms. The van der Waals surface area contributed by atoms with E-state index in [-0.39, 0.29) is 11.7 Å². The maximum Gasteiger partial charge on any atom is 0.191 e. The zero-order valence-electron chi connectivity index (χ0n) is 15.1. The highest BCUT2D eigenvalue weighted by Gasteiger charge is 2.17. The van der Waals surface area contributed by atoms with E-state index in [4.69, 9.17) is 5.26 Å². The summed E-state index contributed by atoms with van der Waals surface area (Å²) in [7, 11) is 0. The van der Waals surface area contributed by atoms with Crippen molar-refractivity contribution < 1.29 is 4.39 Å². The van der Waals surface area contributed by atoms with Gasteiger partial charge in [0.1, 0.15) is 5.82 Å². The van der Waals surface area contributed by atoms with Crippen LogP contribution in [0.1, 0.15) is 18.4 Å². The number of benzene rings is 2. The average Bonchev–Trinajstić information content (AvgIpc) is 3.12. The van der Waals surface area contributed by atoms with Gasteiger partial charge in [-0.05, 0) is 36.2 Å². The topological polar surface area (TPSA) is 78.3 Å². The molecule has 0 fully saturated rings. The molecule has 3 rings (SSSR count). The Hall–Kier alpha value is -3.16. The molecular weight excluding hydrogens is 373 g/mol. The summed E-state index contributed by atoms with van der Waals surface area (Å²) in [4.78, 5) is 0. The number of halogens is 1. The van der Waals surface area contributed by atoms with Gasteiger partial charge in [-0.1, -0.05) is 42.1 Å². The maximum atomic E-state index is 13.3. The minimum Gasteiger partial charge on any atom is -0.298 e. The normalized spacial score (nSPS) is 11.5. The Labute approximate surface area is 167 Å². The second-order valence-electron chi connectivity index (χ2n) is 6.22. The van der Waals surface area contributed by atoms with E-state index in [9.17, 15) is 9.65 Å². The molecule has 2 aromatic carbocycles. The van der Waals surface area contributed by atoms with Gasteiger partial charge in [-0.2, -0.15) is 10.5 Å². The van der Waals surface area contributed by atoms with E-state index in [0.717, 1.165) is 11.1 Å². The smallest absolute Gasteiger partial charge is 0.191 e. The van der Waals surface area contributed by atoms with Gasteiger partial charge in [0.05, 0.1) is 24.6 Å². The lowest BCUT2D eigenvalue weighted by molar-refractivity contribution is 0.628. The van der Waals surface area contributed by atoms with Gasteiger partial charge < -0.3 is 0 Å². The highest BCUT2D eigenvalue weighted by molar-refractivity contribution is 7.99. The molecule has 140 valence electrons. The van der Waals surface area contributed by atoms with Gasteiger partial charge in [0.2, 0.25) is 0 Å². The molecule has 1 heterocycles. The third-order valence-electron chi connectivity index (χ3n) is 4.20. The third-order valence-corrected chi connectivity index (χ3v) is 5.33. The largest absolute Gasteiger partial charge is 0.298 e. The van der Waals surface area contributed by atoms with Gasteiger partial charge in [-0.25, -0.2) is 4.39 Å². The molecule has 0 radical (unpaired) electrons. The van der Waals surface area contributed by atoms with Crippen molar-refractivity contribution in [3.8, 4) is 23.5 Å². The van der Waals surface area contributed by atoms with Crippen molar-refractivity contribution in [2.24, 2.45) is 5.92 Å². The van der Waals surface area contributed by atoms with Crippen molar-refractivity contribution in [3.63, 3.8) is 0 Å². The summed E-state index contributed by atoms with van der Waals surface area (Å²) < 4.78 is 15.3. The number of hydrogen-bond acceptors (Lipinski definition) is 5. The molecule has 3 aromatic rings. The highest BCUT2D eigenvalue weighted by Crippen LogP contribution is 2.27. The molecule has 0 unspecified atom stereocenters. The molecule has 28 heavy (non-hydrogen) atoms. The molecule has 0 saturated heterocycles. The molecule has 0 amide bonds. The molecule has 0 N–H and O–H groups in total. The van der Waals surface area contributed by atoms with Gasteiger partial charge in [0, 0.05) is 17.7 Å². The molecule has 0 aliphatic heterocycles. The predicted octanol–water partition coefficient (Wildman–Crippen LogP) is 4.67. The monoisotopic (exact) mass is 391 g/mol. The van der Waals surface area contributed by atoms with Crippen molar-refractivity contribution in [3.05, 3.63) is 66.0 Å². The van der Waals surface area contributed by atoms with Gasteiger partial charge in [-0.3, -0.25) is 4.57 Å². The van der Waals surface area contributed by atoms with Crippen molar-refractivity contribution in [1.82, 2.24) is 14.8 Å². The van der Waals surface area contributed by atoms with E-state index in [2.05, 4.69) is 22.3 Å². The van der Waals surface area contributed by atoms with E-state index < -0.39 is 0 Å². The summed E-state index contributed by atoms with van der Waals surface area (Å²) >= 11 is 1.45. The highest BCUT2D eigenvalue weighted by atomic mass is 32.2. The zero-order valence-corrected chi connectivity index (χ0v) is 15.9. The van der Waals surface area contributed by atoms with E-state index in [1.165, 1.54) is 23.9 Å².